The van der Waals surface area contributed by atoms with Gasteiger partial charge in [-0.15, -0.1) is 0 Å². The predicted octanol–water partition coefficient (Wildman–Crippen LogP) is 4.98. The number of furan rings is 1. The average Bonchev–Trinajstić information content (AvgIpc) is 2.94. The second kappa shape index (κ2) is 5.94. The van der Waals surface area contributed by atoms with E-state index in [1.165, 1.54) is 19.5 Å². The van der Waals surface area contributed by atoms with Gasteiger partial charge in [-0.1, -0.05) is 55.7 Å². The zero-order valence-corrected chi connectivity index (χ0v) is 16.1. The highest BCUT2D eigenvalue weighted by molar-refractivity contribution is 14.1. The lowest BCUT2D eigenvalue weighted by Crippen LogP contribution is -2.38. The first-order chi connectivity index (χ1) is 10.5. The Morgan fingerprint density at radius 3 is 2.32 bits per heavy atom. The van der Waals surface area contributed by atoms with Crippen molar-refractivity contribution in [2.45, 2.75) is 19.6 Å². The first kappa shape index (κ1) is 15.4. The van der Waals surface area contributed by atoms with Crippen molar-refractivity contribution in [1.82, 2.24) is 0 Å². The first-order valence-electron chi connectivity index (χ1n) is 7.23. The maximum atomic E-state index is 5.40. The highest BCUT2D eigenvalue weighted by Crippen LogP contribution is 2.24. The van der Waals surface area contributed by atoms with Crippen molar-refractivity contribution in [3.63, 3.8) is 0 Å². The van der Waals surface area contributed by atoms with Gasteiger partial charge in [0.25, 0.3) is 0 Å². The van der Waals surface area contributed by atoms with E-state index in [4.69, 9.17) is 4.42 Å². The number of hydrogen-bond donors (Lipinski definition) is 0. The number of hydrogen-bond acceptors (Lipinski definition) is 1. The lowest BCUT2D eigenvalue weighted by atomic mass is 10.0. The molecule has 2 aromatic carbocycles. The van der Waals surface area contributed by atoms with Crippen LogP contribution >= 0.6 is 22.6 Å². The van der Waals surface area contributed by atoms with Crippen LogP contribution in [0.4, 0.5) is 0 Å². The van der Waals surface area contributed by atoms with Gasteiger partial charge in [0, 0.05) is 14.5 Å². The van der Waals surface area contributed by atoms with Crippen molar-refractivity contribution in [3.8, 4) is 11.8 Å². The number of rotatable bonds is 1. The van der Waals surface area contributed by atoms with Gasteiger partial charge in [-0.25, -0.2) is 0 Å². The lowest BCUT2D eigenvalue weighted by Gasteiger charge is -2.13. The van der Waals surface area contributed by atoms with Gasteiger partial charge in [-0.2, -0.15) is 0 Å². The van der Waals surface area contributed by atoms with Crippen LogP contribution in [0, 0.1) is 15.4 Å². The maximum Gasteiger partial charge on any atom is 0.106 e. The van der Waals surface area contributed by atoms with Crippen LogP contribution in [0.3, 0.4) is 0 Å². The van der Waals surface area contributed by atoms with Crippen molar-refractivity contribution in [1.29, 1.82) is 0 Å². The molecule has 1 nitrogen and oxygen atoms in total. The summed E-state index contributed by atoms with van der Waals surface area (Å²) >= 11 is 2.38. The molecule has 0 saturated carbocycles. The van der Waals surface area contributed by atoms with Crippen LogP contribution in [-0.4, -0.2) is 8.07 Å². The minimum atomic E-state index is -1.43. The van der Waals surface area contributed by atoms with E-state index in [1.807, 2.05) is 6.26 Å². The number of benzene rings is 2. The standard InChI is InChI=1S/C19H17IOSi/c1-22(2,3)18-13-21-12-16(18)11-10-15-7-4-6-14-8-5-9-17(20)19(14)15/h4-9,12-13H,1-3H3. The number of fused-ring (bicyclic) bond motifs is 1. The summed E-state index contributed by atoms with van der Waals surface area (Å²) in [5, 5.41) is 3.75. The summed E-state index contributed by atoms with van der Waals surface area (Å²) in [4.78, 5) is 0. The van der Waals surface area contributed by atoms with E-state index in [9.17, 15) is 0 Å². The van der Waals surface area contributed by atoms with E-state index in [0.717, 1.165) is 11.1 Å². The van der Waals surface area contributed by atoms with Gasteiger partial charge in [-0.05, 0) is 45.3 Å². The van der Waals surface area contributed by atoms with Crippen molar-refractivity contribution in [2.75, 3.05) is 0 Å². The van der Waals surface area contributed by atoms with Gasteiger partial charge >= 0.3 is 0 Å². The minimum Gasteiger partial charge on any atom is -0.471 e. The molecule has 0 unspecified atom stereocenters. The Morgan fingerprint density at radius 1 is 0.909 bits per heavy atom. The molecule has 3 rings (SSSR count). The molecule has 0 fully saturated rings. The van der Waals surface area contributed by atoms with Gasteiger partial charge in [0.15, 0.2) is 0 Å². The molecule has 3 aromatic rings. The smallest absolute Gasteiger partial charge is 0.106 e. The summed E-state index contributed by atoms with van der Waals surface area (Å²) in [5.74, 6) is 6.67. The Balaban J connectivity index is 2.12. The molecule has 0 saturated heterocycles. The van der Waals surface area contributed by atoms with Crippen LogP contribution in [0.1, 0.15) is 11.1 Å². The van der Waals surface area contributed by atoms with E-state index < -0.39 is 8.07 Å². The van der Waals surface area contributed by atoms with Crippen molar-refractivity contribution in [3.05, 3.63) is 63.6 Å². The first-order valence-corrected chi connectivity index (χ1v) is 11.8. The highest BCUT2D eigenvalue weighted by atomic mass is 127. The molecule has 0 bridgehead atoms. The maximum absolute atomic E-state index is 5.40. The van der Waals surface area contributed by atoms with Crippen molar-refractivity contribution in [2.24, 2.45) is 0 Å². The third-order valence-electron chi connectivity index (χ3n) is 3.66. The molecule has 0 aliphatic heterocycles. The fourth-order valence-corrected chi connectivity index (χ4v) is 4.67. The summed E-state index contributed by atoms with van der Waals surface area (Å²) in [6.45, 7) is 6.93. The Hall–Kier alpha value is -1.51. The summed E-state index contributed by atoms with van der Waals surface area (Å²) in [6.07, 6.45) is 3.64. The third-order valence-corrected chi connectivity index (χ3v) is 6.56. The zero-order valence-electron chi connectivity index (χ0n) is 12.9. The van der Waals surface area contributed by atoms with Gasteiger partial charge in [0.1, 0.15) is 6.26 Å². The Kier molecular flexibility index (Phi) is 4.15. The summed E-state index contributed by atoms with van der Waals surface area (Å²) in [7, 11) is -1.43. The average molecular weight is 416 g/mol. The summed E-state index contributed by atoms with van der Waals surface area (Å²) < 4.78 is 6.64. The van der Waals surface area contributed by atoms with Crippen LogP contribution in [-0.2, 0) is 0 Å². The molecular formula is C19H17IOSi. The molecule has 22 heavy (non-hydrogen) atoms. The molecule has 1 heterocycles. The normalized spacial score (nSPS) is 11.3. The fourth-order valence-electron chi connectivity index (χ4n) is 2.51. The van der Waals surface area contributed by atoms with E-state index in [0.29, 0.717) is 0 Å². The summed E-state index contributed by atoms with van der Waals surface area (Å²) in [5.41, 5.74) is 2.10. The van der Waals surface area contributed by atoms with E-state index in [-0.39, 0.29) is 0 Å². The Morgan fingerprint density at radius 2 is 1.59 bits per heavy atom. The SMILES string of the molecule is C[Si](C)(C)c1cocc1C#Cc1cccc2cccc(I)c12. The van der Waals surface area contributed by atoms with Crippen LogP contribution < -0.4 is 5.19 Å². The van der Waals surface area contributed by atoms with Crippen LogP contribution in [0.25, 0.3) is 10.8 Å². The molecule has 0 atom stereocenters. The second-order valence-corrected chi connectivity index (χ2v) is 12.5. The number of halogens is 1. The van der Waals surface area contributed by atoms with E-state index >= 15 is 0 Å². The second-order valence-electron chi connectivity index (χ2n) is 6.34. The van der Waals surface area contributed by atoms with Gasteiger partial charge in [0.2, 0.25) is 0 Å². The third kappa shape index (κ3) is 2.99. The van der Waals surface area contributed by atoms with Crippen molar-refractivity contribution >= 4 is 46.6 Å². The molecule has 3 heteroatoms. The Bertz CT molecular complexity index is 886. The zero-order chi connectivity index (χ0) is 15.7. The van der Waals surface area contributed by atoms with Gasteiger partial charge < -0.3 is 4.42 Å². The highest BCUT2D eigenvalue weighted by Gasteiger charge is 2.21. The molecule has 0 N–H and O–H groups in total. The molecule has 0 spiro atoms. The van der Waals surface area contributed by atoms with Crippen LogP contribution in [0.2, 0.25) is 19.6 Å². The molecule has 0 aliphatic carbocycles. The molecular weight excluding hydrogens is 399 g/mol. The topological polar surface area (TPSA) is 13.1 Å². The molecule has 0 aliphatic rings. The monoisotopic (exact) mass is 416 g/mol. The Labute approximate surface area is 145 Å². The quantitative estimate of drug-likeness (QED) is 0.310. The fraction of sp³-hybridized carbons (Fsp3) is 0.158. The van der Waals surface area contributed by atoms with Crippen molar-refractivity contribution < 1.29 is 4.42 Å². The van der Waals surface area contributed by atoms with E-state index in [2.05, 4.69) is 90.5 Å². The minimum absolute atomic E-state index is 1.03. The largest absolute Gasteiger partial charge is 0.471 e. The van der Waals surface area contributed by atoms with Gasteiger partial charge in [-0.3, -0.25) is 0 Å². The molecule has 110 valence electrons. The van der Waals surface area contributed by atoms with Crippen LogP contribution in [0.5, 0.6) is 0 Å². The lowest BCUT2D eigenvalue weighted by molar-refractivity contribution is 0.568. The molecule has 0 amide bonds. The van der Waals surface area contributed by atoms with E-state index in [1.54, 1.807) is 6.26 Å². The summed E-state index contributed by atoms with van der Waals surface area (Å²) in [6, 6.07) is 12.6. The van der Waals surface area contributed by atoms with Gasteiger partial charge in [0.05, 0.1) is 19.9 Å². The molecule has 1 aromatic heterocycles. The predicted molar refractivity (Wildman–Crippen MR) is 104 cm³/mol. The molecule has 0 radical (unpaired) electrons. The van der Waals surface area contributed by atoms with Crippen LogP contribution in [0.15, 0.2) is 53.3 Å².